The largest absolute Gasteiger partial charge is 0.249 e. The Bertz CT molecular complexity index is 1890. The van der Waals surface area contributed by atoms with Crippen molar-refractivity contribution in [1.82, 2.24) is 59.8 Å². The van der Waals surface area contributed by atoms with Gasteiger partial charge in [-0.05, 0) is 143 Å². The Kier molecular flexibility index (Phi) is 13.8. The van der Waals surface area contributed by atoms with Gasteiger partial charge in [0.05, 0.1) is 0 Å². The molecule has 0 unspecified atom stereocenters. The molecule has 0 aliphatic heterocycles. The molecule has 0 saturated heterocycles. The van der Waals surface area contributed by atoms with Crippen LogP contribution in [0.1, 0.15) is 0 Å². The van der Waals surface area contributed by atoms with Crippen LogP contribution in [0.4, 0.5) is 0 Å². The van der Waals surface area contributed by atoms with Crippen LogP contribution in [-0.4, -0.2) is 59.8 Å². The molecule has 8 aromatic rings. The summed E-state index contributed by atoms with van der Waals surface area (Å²) in [6, 6.07) is 34.4. The van der Waals surface area contributed by atoms with Crippen molar-refractivity contribution in [2.45, 2.75) is 61.1 Å². The summed E-state index contributed by atoms with van der Waals surface area (Å²) < 4.78 is 0. The van der Waals surface area contributed by atoms with E-state index >= 15 is 0 Å². The van der Waals surface area contributed by atoms with Crippen molar-refractivity contribution in [3.8, 4) is 0 Å². The number of aromatic nitrogens is 12. The molecule has 8 rings (SSSR count). The van der Waals surface area contributed by atoms with Crippen molar-refractivity contribution in [3.63, 3.8) is 0 Å². The molecular formula is C36H24N12S6. The molecule has 0 atom stereocenters. The van der Waals surface area contributed by atoms with Crippen molar-refractivity contribution in [2.24, 2.45) is 0 Å². The summed E-state index contributed by atoms with van der Waals surface area (Å²) in [6.07, 6.45) is 10.5. The second-order valence-corrected chi connectivity index (χ2v) is 15.9. The molecule has 0 N–H and O–H groups in total. The Hall–Kier alpha value is -4.98. The molecule has 0 spiro atoms. The lowest BCUT2D eigenvalue weighted by Gasteiger charge is -2.06. The molecular weight excluding hydrogens is 793 g/mol. The summed E-state index contributed by atoms with van der Waals surface area (Å²) in [5.74, 6) is 0. The zero-order chi connectivity index (χ0) is 36.6. The number of rotatable bonds is 12. The summed E-state index contributed by atoms with van der Waals surface area (Å²) in [5.41, 5.74) is 0. The van der Waals surface area contributed by atoms with Gasteiger partial charge < -0.3 is 0 Å². The zero-order valence-corrected chi connectivity index (χ0v) is 32.6. The van der Waals surface area contributed by atoms with Gasteiger partial charge >= 0.3 is 0 Å². The lowest BCUT2D eigenvalue weighted by molar-refractivity contribution is 0.715. The predicted molar refractivity (Wildman–Crippen MR) is 210 cm³/mol. The molecule has 8 heterocycles. The Morgan fingerprint density at radius 1 is 0.222 bits per heavy atom. The van der Waals surface area contributed by atoms with Crippen molar-refractivity contribution in [1.29, 1.82) is 0 Å². The summed E-state index contributed by atoms with van der Waals surface area (Å²) in [4.78, 5) is 53.3. The Morgan fingerprint density at radius 2 is 0.389 bits per heavy atom. The summed E-state index contributed by atoms with van der Waals surface area (Å²) in [7, 11) is 0. The zero-order valence-electron chi connectivity index (χ0n) is 27.7. The minimum absolute atomic E-state index is 0.584. The van der Waals surface area contributed by atoms with Gasteiger partial charge in [0.2, 0.25) is 0 Å². The standard InChI is InChI=1S/2C18H12N6S3/c2*1-4-10-19-13(7-1)25-16-22-17(26-14-8-2-5-11-20-14)24-18(23-16)27-15-9-3-6-12-21-15/h2*1-12H. The molecule has 0 aliphatic carbocycles. The van der Waals surface area contributed by atoms with Gasteiger partial charge in [-0.15, -0.1) is 0 Å². The average molecular weight is 817 g/mol. The minimum Gasteiger partial charge on any atom is -0.249 e. The second kappa shape index (κ2) is 19.9. The smallest absolute Gasteiger partial charge is 0.198 e. The van der Waals surface area contributed by atoms with E-state index in [4.69, 9.17) is 0 Å². The first kappa shape index (κ1) is 37.3. The first-order valence-electron chi connectivity index (χ1n) is 15.8. The highest BCUT2D eigenvalue weighted by molar-refractivity contribution is 8.01. The normalized spacial score (nSPS) is 10.7. The van der Waals surface area contributed by atoms with Crippen molar-refractivity contribution >= 4 is 70.6 Å². The van der Waals surface area contributed by atoms with Gasteiger partial charge in [-0.2, -0.15) is 29.9 Å². The van der Waals surface area contributed by atoms with Gasteiger partial charge in [-0.25, -0.2) is 29.9 Å². The molecule has 0 amide bonds. The molecule has 8 aromatic heterocycles. The number of hydrogen-bond acceptors (Lipinski definition) is 18. The first-order chi connectivity index (χ1) is 26.7. The van der Waals surface area contributed by atoms with Crippen molar-refractivity contribution < 1.29 is 0 Å². The van der Waals surface area contributed by atoms with Crippen molar-refractivity contribution in [3.05, 3.63) is 146 Å². The van der Waals surface area contributed by atoms with Crippen LogP contribution in [0.25, 0.3) is 0 Å². The van der Waals surface area contributed by atoms with Crippen LogP contribution in [-0.2, 0) is 0 Å². The topological polar surface area (TPSA) is 155 Å². The van der Waals surface area contributed by atoms with Crippen molar-refractivity contribution in [2.75, 3.05) is 0 Å². The minimum atomic E-state index is 0.584. The SMILES string of the molecule is c1ccc(Sc2nc(Sc3ccccn3)nc(Sc3ccccn3)n2)nc1.c1ccc(Sc2nc(Sc3ccccn3)nc(Sc3ccccn3)n2)nc1. The molecule has 12 nitrogen and oxygen atoms in total. The highest BCUT2D eigenvalue weighted by atomic mass is 32.2. The van der Waals surface area contributed by atoms with Crippen LogP contribution in [0.2, 0.25) is 0 Å². The fourth-order valence-electron chi connectivity index (χ4n) is 3.92. The van der Waals surface area contributed by atoms with Crippen LogP contribution < -0.4 is 0 Å². The lowest BCUT2D eigenvalue weighted by atomic mass is 10.5. The Morgan fingerprint density at radius 3 is 0.519 bits per heavy atom. The molecule has 0 fully saturated rings. The van der Waals surface area contributed by atoms with E-state index in [-0.39, 0.29) is 0 Å². The fraction of sp³-hybridized carbons (Fsp3) is 0. The third-order valence-electron chi connectivity index (χ3n) is 6.15. The van der Waals surface area contributed by atoms with E-state index in [9.17, 15) is 0 Å². The molecule has 0 aromatic carbocycles. The monoisotopic (exact) mass is 816 g/mol. The molecule has 264 valence electrons. The van der Waals surface area contributed by atoms with Gasteiger partial charge in [-0.3, -0.25) is 0 Å². The summed E-state index contributed by atoms with van der Waals surface area (Å²) in [6.45, 7) is 0. The highest BCUT2D eigenvalue weighted by Gasteiger charge is 2.14. The third-order valence-corrected chi connectivity index (χ3v) is 11.0. The number of hydrogen-bond donors (Lipinski definition) is 0. The number of nitrogens with zero attached hydrogens (tertiary/aromatic N) is 12. The van der Waals surface area contributed by atoms with E-state index in [2.05, 4.69) is 59.8 Å². The van der Waals surface area contributed by atoms with E-state index in [0.29, 0.717) is 30.9 Å². The maximum Gasteiger partial charge on any atom is 0.198 e. The van der Waals surface area contributed by atoms with Crippen LogP contribution in [0.15, 0.2) is 207 Å². The molecule has 18 heteroatoms. The van der Waals surface area contributed by atoms with E-state index in [1.54, 1.807) is 37.2 Å². The first-order valence-corrected chi connectivity index (χ1v) is 20.7. The van der Waals surface area contributed by atoms with E-state index in [1.807, 2.05) is 109 Å². The maximum atomic E-state index is 4.56. The predicted octanol–water partition coefficient (Wildman–Crippen LogP) is 9.02. The van der Waals surface area contributed by atoms with Crippen LogP contribution in [0, 0.1) is 0 Å². The average Bonchev–Trinajstić information content (AvgIpc) is 3.20. The van der Waals surface area contributed by atoms with E-state index in [1.165, 1.54) is 70.6 Å². The summed E-state index contributed by atoms with van der Waals surface area (Å²) in [5, 5.41) is 8.45. The molecule has 54 heavy (non-hydrogen) atoms. The van der Waals surface area contributed by atoms with Crippen LogP contribution in [0.5, 0.6) is 0 Å². The molecule has 0 radical (unpaired) electrons. The van der Waals surface area contributed by atoms with Gasteiger partial charge in [0, 0.05) is 37.2 Å². The van der Waals surface area contributed by atoms with Gasteiger partial charge in [-0.1, -0.05) is 36.4 Å². The van der Waals surface area contributed by atoms with Gasteiger partial charge in [0.15, 0.2) is 30.9 Å². The lowest BCUT2D eigenvalue weighted by Crippen LogP contribution is -1.98. The summed E-state index contributed by atoms with van der Waals surface area (Å²) >= 11 is 8.38. The maximum absolute atomic E-state index is 4.56. The molecule has 0 aliphatic rings. The van der Waals surface area contributed by atoms with Gasteiger partial charge in [0.1, 0.15) is 30.2 Å². The van der Waals surface area contributed by atoms with Crippen LogP contribution in [0.3, 0.4) is 0 Å². The highest BCUT2D eigenvalue weighted by Crippen LogP contribution is 2.32. The van der Waals surface area contributed by atoms with E-state index in [0.717, 1.165) is 30.2 Å². The molecule has 0 bridgehead atoms. The third kappa shape index (κ3) is 12.0. The fourth-order valence-corrected chi connectivity index (χ4v) is 8.54. The Balaban J connectivity index is 0.000000167. The quantitative estimate of drug-likeness (QED) is 0.115. The second-order valence-electron chi connectivity index (χ2n) is 9.99. The Labute approximate surface area is 335 Å². The number of pyridine rings is 6. The molecule has 0 saturated carbocycles. The van der Waals surface area contributed by atoms with Crippen LogP contribution >= 0.6 is 70.6 Å². The van der Waals surface area contributed by atoms with Gasteiger partial charge in [0.25, 0.3) is 0 Å². The van der Waals surface area contributed by atoms with E-state index < -0.39 is 0 Å².